The van der Waals surface area contributed by atoms with Crippen LogP contribution in [0.15, 0.2) is 48.5 Å². The lowest BCUT2D eigenvalue weighted by molar-refractivity contribution is 0.0926. The first-order valence-corrected chi connectivity index (χ1v) is 10.0. The van der Waals surface area contributed by atoms with Gasteiger partial charge in [0, 0.05) is 36.1 Å². The second-order valence-corrected chi connectivity index (χ2v) is 8.09. The van der Waals surface area contributed by atoms with Crippen LogP contribution in [0.4, 0.5) is 4.39 Å². The Morgan fingerprint density at radius 2 is 1.72 bits per heavy atom. The Hall–Kier alpha value is -2.37. The highest BCUT2D eigenvalue weighted by Crippen LogP contribution is 2.34. The molecule has 3 atom stereocenters. The number of para-hydroxylation sites is 1. The Morgan fingerprint density at radius 1 is 1.07 bits per heavy atom. The van der Waals surface area contributed by atoms with Gasteiger partial charge in [-0.2, -0.15) is 0 Å². The number of hydrogen-bond donors (Lipinski definition) is 2. The van der Waals surface area contributed by atoms with Gasteiger partial charge in [-0.05, 0) is 61.6 Å². The molecule has 29 heavy (non-hydrogen) atoms. The van der Waals surface area contributed by atoms with E-state index in [9.17, 15) is 9.18 Å². The average molecular weight is 414 g/mol. The van der Waals surface area contributed by atoms with Crippen molar-refractivity contribution in [2.75, 3.05) is 0 Å². The maximum atomic E-state index is 13.5. The van der Waals surface area contributed by atoms with E-state index in [1.54, 1.807) is 12.1 Å². The van der Waals surface area contributed by atoms with Gasteiger partial charge in [0.05, 0.1) is 11.3 Å². The Balaban J connectivity index is 0.00000205. The second kappa shape index (κ2) is 7.81. The van der Waals surface area contributed by atoms with Crippen molar-refractivity contribution in [2.45, 2.75) is 43.8 Å². The van der Waals surface area contributed by atoms with Crippen molar-refractivity contribution in [1.29, 1.82) is 0 Å². The van der Waals surface area contributed by atoms with Crippen molar-refractivity contribution in [3.63, 3.8) is 0 Å². The molecule has 3 aromatic rings. The van der Waals surface area contributed by atoms with Gasteiger partial charge in [-0.3, -0.25) is 4.79 Å². The fourth-order valence-electron chi connectivity index (χ4n) is 5.00. The number of carbonyl (C=O) groups excluding carboxylic acids is 1. The first kappa shape index (κ1) is 19.9. The summed E-state index contributed by atoms with van der Waals surface area (Å²) in [6.45, 7) is 0. The SMILES string of the molecule is Cl.Cn1c(-c2ccc(F)cc2)c(C(=O)N[C@H]2C[C@H]3CC[C@@H](C2)N3)c2ccccc21. The van der Waals surface area contributed by atoms with Crippen LogP contribution in [0.5, 0.6) is 0 Å². The zero-order chi connectivity index (χ0) is 19.3. The predicted octanol–water partition coefficient (Wildman–Crippen LogP) is 4.42. The molecule has 0 aliphatic carbocycles. The van der Waals surface area contributed by atoms with Gasteiger partial charge in [0.1, 0.15) is 5.82 Å². The highest BCUT2D eigenvalue weighted by Gasteiger charge is 2.35. The summed E-state index contributed by atoms with van der Waals surface area (Å²) in [5.74, 6) is -0.318. The molecule has 2 aromatic carbocycles. The molecule has 1 aromatic heterocycles. The molecule has 0 radical (unpaired) electrons. The third-order valence-corrected chi connectivity index (χ3v) is 6.26. The smallest absolute Gasteiger partial charge is 0.254 e. The van der Waals surface area contributed by atoms with Crippen LogP contribution in [-0.4, -0.2) is 28.6 Å². The highest BCUT2D eigenvalue weighted by molar-refractivity contribution is 6.12. The van der Waals surface area contributed by atoms with Crippen molar-refractivity contribution < 1.29 is 9.18 Å². The van der Waals surface area contributed by atoms with E-state index in [-0.39, 0.29) is 30.2 Å². The van der Waals surface area contributed by atoms with Crippen molar-refractivity contribution in [2.24, 2.45) is 7.05 Å². The number of nitrogens with zero attached hydrogens (tertiary/aromatic N) is 1. The Morgan fingerprint density at radius 3 is 2.41 bits per heavy atom. The van der Waals surface area contributed by atoms with Gasteiger partial charge in [0.2, 0.25) is 0 Å². The van der Waals surface area contributed by atoms with Crippen LogP contribution < -0.4 is 10.6 Å². The van der Waals surface area contributed by atoms with Crippen LogP contribution in [-0.2, 0) is 7.05 Å². The molecule has 2 aliphatic heterocycles. The van der Waals surface area contributed by atoms with Crippen LogP contribution in [0.3, 0.4) is 0 Å². The van der Waals surface area contributed by atoms with Gasteiger partial charge in [0.15, 0.2) is 0 Å². The van der Waals surface area contributed by atoms with Crippen molar-refractivity contribution in [3.05, 3.63) is 59.9 Å². The molecule has 152 valence electrons. The lowest BCUT2D eigenvalue weighted by atomic mass is 9.98. The first-order valence-electron chi connectivity index (χ1n) is 10.0. The van der Waals surface area contributed by atoms with Gasteiger partial charge in [-0.25, -0.2) is 4.39 Å². The van der Waals surface area contributed by atoms with E-state index >= 15 is 0 Å². The summed E-state index contributed by atoms with van der Waals surface area (Å²) in [6, 6.07) is 15.6. The minimum Gasteiger partial charge on any atom is -0.349 e. The highest BCUT2D eigenvalue weighted by atomic mass is 35.5. The molecule has 5 rings (SSSR count). The lowest BCUT2D eigenvalue weighted by Gasteiger charge is -2.29. The van der Waals surface area contributed by atoms with Gasteiger partial charge >= 0.3 is 0 Å². The van der Waals surface area contributed by atoms with Crippen LogP contribution in [0, 0.1) is 5.82 Å². The number of amides is 1. The third kappa shape index (κ3) is 3.53. The molecule has 0 saturated carbocycles. The number of halogens is 2. The quantitative estimate of drug-likeness (QED) is 0.667. The monoisotopic (exact) mass is 413 g/mol. The van der Waals surface area contributed by atoms with E-state index in [1.807, 2.05) is 35.9 Å². The van der Waals surface area contributed by atoms with Crippen LogP contribution in [0.1, 0.15) is 36.0 Å². The molecule has 0 unspecified atom stereocenters. The molecule has 1 amide bonds. The number of hydrogen-bond acceptors (Lipinski definition) is 2. The van der Waals surface area contributed by atoms with E-state index < -0.39 is 0 Å². The average Bonchev–Trinajstić information content (AvgIpc) is 3.19. The molecule has 2 N–H and O–H groups in total. The Labute approximate surface area is 175 Å². The van der Waals surface area contributed by atoms with E-state index in [0.29, 0.717) is 17.6 Å². The van der Waals surface area contributed by atoms with Gasteiger partial charge < -0.3 is 15.2 Å². The molecule has 2 saturated heterocycles. The standard InChI is InChI=1S/C23H24FN3O.ClH/c1-27-20-5-3-2-4-19(20)21(22(27)14-6-8-15(24)9-7-14)23(28)26-18-12-16-10-11-17(13-18)25-16;/h2-9,16-18,25H,10-13H2,1H3,(H,26,28);1H/t16-,17+,18+;. The van der Waals surface area contributed by atoms with Gasteiger partial charge in [0.25, 0.3) is 5.91 Å². The minimum atomic E-state index is -0.279. The fourth-order valence-corrected chi connectivity index (χ4v) is 5.00. The van der Waals surface area contributed by atoms with Crippen molar-refractivity contribution in [3.8, 4) is 11.3 Å². The van der Waals surface area contributed by atoms with Gasteiger partial charge in [-0.1, -0.05) is 18.2 Å². The molecule has 6 heteroatoms. The molecule has 2 aliphatic rings. The number of carbonyl (C=O) groups is 1. The van der Waals surface area contributed by atoms with E-state index in [2.05, 4.69) is 10.6 Å². The lowest BCUT2D eigenvalue weighted by Crippen LogP contribution is -2.48. The number of benzene rings is 2. The second-order valence-electron chi connectivity index (χ2n) is 8.09. The maximum Gasteiger partial charge on any atom is 0.254 e. The summed E-state index contributed by atoms with van der Waals surface area (Å²) >= 11 is 0. The third-order valence-electron chi connectivity index (χ3n) is 6.26. The summed E-state index contributed by atoms with van der Waals surface area (Å²) in [5.41, 5.74) is 3.35. The molecule has 3 heterocycles. The zero-order valence-electron chi connectivity index (χ0n) is 16.3. The maximum absolute atomic E-state index is 13.5. The fraction of sp³-hybridized carbons (Fsp3) is 0.348. The van der Waals surface area contributed by atoms with Crippen LogP contribution in [0.25, 0.3) is 22.2 Å². The molecular weight excluding hydrogens is 389 g/mol. The topological polar surface area (TPSA) is 46.1 Å². The molecule has 2 fully saturated rings. The molecule has 0 spiro atoms. The first-order chi connectivity index (χ1) is 13.6. The number of aryl methyl sites for hydroxylation is 1. The van der Waals surface area contributed by atoms with E-state index in [4.69, 9.17) is 0 Å². The number of piperidine rings is 1. The normalized spacial score (nSPS) is 23.0. The van der Waals surface area contributed by atoms with E-state index in [0.717, 1.165) is 35.0 Å². The zero-order valence-corrected chi connectivity index (χ0v) is 17.1. The largest absolute Gasteiger partial charge is 0.349 e. The van der Waals surface area contributed by atoms with Crippen molar-refractivity contribution >= 4 is 29.2 Å². The summed E-state index contributed by atoms with van der Waals surface area (Å²) in [5, 5.41) is 7.84. The number of fused-ring (bicyclic) bond motifs is 3. The minimum absolute atomic E-state index is 0. The summed E-state index contributed by atoms with van der Waals surface area (Å²) < 4.78 is 15.5. The number of rotatable bonds is 3. The molecular formula is C23H25ClFN3O. The summed E-state index contributed by atoms with van der Waals surface area (Å²) in [4.78, 5) is 13.4. The molecule has 2 bridgehead atoms. The van der Waals surface area contributed by atoms with E-state index in [1.165, 1.54) is 25.0 Å². The van der Waals surface area contributed by atoms with Crippen molar-refractivity contribution in [1.82, 2.24) is 15.2 Å². The Kier molecular flexibility index (Phi) is 5.36. The van der Waals surface area contributed by atoms with Gasteiger partial charge in [-0.15, -0.1) is 12.4 Å². The summed E-state index contributed by atoms with van der Waals surface area (Å²) in [6.07, 6.45) is 4.37. The van der Waals surface area contributed by atoms with Crippen LogP contribution in [0.2, 0.25) is 0 Å². The Bertz CT molecular complexity index is 1030. The number of nitrogens with one attached hydrogen (secondary N) is 2. The summed E-state index contributed by atoms with van der Waals surface area (Å²) in [7, 11) is 1.96. The number of aromatic nitrogens is 1. The van der Waals surface area contributed by atoms with Crippen LogP contribution >= 0.6 is 12.4 Å². The predicted molar refractivity (Wildman–Crippen MR) is 116 cm³/mol. The molecule has 4 nitrogen and oxygen atoms in total.